The minimum absolute atomic E-state index is 0.0118. The standard InChI is InChI=1S/C17H14O3S.C13H16OS.C12H14OS.C11H9ClO3S.C11H11ClOS.C10H9BrOS.C9H8O2S/c18-9-11-6-7-13-15(8-11)21-10-14(17(13)20)16(19)12-4-2-1-3-5-12;1-8-5-9(2)12-10(14)7-13(3,4)15-11(12)6-8;1-8-4-5-11-9(6-8)10(13)7-12(2,3)14-11;12-6-1-2-10-8(3-6)9(13)4-7(16-10)5-11(14)15;1-11(2)6-9(13)8-5-7(12)3-4-10(8)14-11;1-6-9(11)10(12)7-4-2-3-5-8(7)13-6;10-7-5-12-8-4-2-1-3-6(8)9(7)11/h1-8,14,18H,9-10H2;5-6H,7H2,1-4H3;4-6H,7H2,1-3H3;1-3,7H,4-5H2,(H,14,15);3-5H,6H2,1-2H3;2-6,9H,1H3;1-4,7,10H,5H2. The Labute approximate surface area is 662 Å². The molecular weight excluding hydrogens is 1560 g/mol. The monoisotopic (exact) mass is 1640 g/mol. The van der Waals surface area contributed by atoms with Crippen LogP contribution in [-0.2, 0) is 11.4 Å². The number of carboxylic acid groups (broad SMARTS) is 1. The van der Waals surface area contributed by atoms with Crippen LogP contribution in [0.5, 0.6) is 0 Å². The van der Waals surface area contributed by atoms with Crippen molar-refractivity contribution in [1.82, 2.24) is 0 Å². The van der Waals surface area contributed by atoms with Crippen molar-refractivity contribution >= 4 is 174 Å². The third kappa shape index (κ3) is 22.1. The van der Waals surface area contributed by atoms with Gasteiger partial charge < -0.3 is 15.3 Å². The molecule has 8 aromatic carbocycles. The summed E-state index contributed by atoms with van der Waals surface area (Å²) in [5.41, 5.74) is 10.2. The Morgan fingerprint density at radius 3 is 1.61 bits per heavy atom. The van der Waals surface area contributed by atoms with Crippen molar-refractivity contribution < 1.29 is 58.5 Å². The molecule has 548 valence electrons. The Morgan fingerprint density at radius 2 is 1.00 bits per heavy atom. The van der Waals surface area contributed by atoms with Crippen LogP contribution in [0.25, 0.3) is 0 Å². The number of aliphatic carboxylic acids is 1. The van der Waals surface area contributed by atoms with Crippen LogP contribution >= 0.6 is 121 Å². The summed E-state index contributed by atoms with van der Waals surface area (Å²) < 4.78 is 0.113. The summed E-state index contributed by atoms with van der Waals surface area (Å²) in [6.07, 6.45) is 1.35. The van der Waals surface area contributed by atoms with E-state index in [0.717, 1.165) is 73.2 Å². The summed E-state index contributed by atoms with van der Waals surface area (Å²) in [4.78, 5) is 113. The van der Waals surface area contributed by atoms with Gasteiger partial charge in [0.05, 0.1) is 23.8 Å². The van der Waals surface area contributed by atoms with Gasteiger partial charge in [-0.05, 0) is 158 Å². The molecule has 7 aliphatic heterocycles. The van der Waals surface area contributed by atoms with Gasteiger partial charge >= 0.3 is 5.97 Å². The molecular formula is C83H81BrCl2O12S7. The average Bonchev–Trinajstić information content (AvgIpc) is 0.795. The first-order valence-corrected chi connectivity index (χ1v) is 41.7. The highest BCUT2D eigenvalue weighted by Crippen LogP contribution is 2.47. The SMILES string of the molecule is CC1(C)CC(=O)c2cc(Cl)ccc2S1.CC1Sc2ccccc2C(=O)C1Br.Cc1cc(C)c2c(c1)SC(C)(C)CC2=O.Cc1ccc2c(c1)C(=O)CC(C)(C)S2.O=C(O)CC1CC(=O)c2cc(Cl)ccc2S1.O=C(c1ccccc1)C1CSc2cc(CO)ccc2C1=O.O=C1c2ccccc2SCC1O. The van der Waals surface area contributed by atoms with Crippen molar-refractivity contribution in [2.45, 2.75) is 178 Å². The van der Waals surface area contributed by atoms with Crippen LogP contribution in [-0.4, -0.2) is 115 Å². The fourth-order valence-corrected chi connectivity index (χ4v) is 21.6. The fraction of sp³-hybridized carbons (Fsp3) is 0.313. The van der Waals surface area contributed by atoms with Crippen molar-refractivity contribution in [3.8, 4) is 0 Å². The highest BCUT2D eigenvalue weighted by Gasteiger charge is 2.38. The molecule has 7 aliphatic rings. The van der Waals surface area contributed by atoms with E-state index in [1.807, 2.05) is 98.4 Å². The largest absolute Gasteiger partial charge is 0.481 e. The highest BCUT2D eigenvalue weighted by atomic mass is 79.9. The summed E-state index contributed by atoms with van der Waals surface area (Å²) >= 11 is 26.7. The predicted octanol–water partition coefficient (Wildman–Crippen LogP) is 21.3. The maximum atomic E-state index is 12.5. The van der Waals surface area contributed by atoms with Gasteiger partial charge in [0.2, 0.25) is 0 Å². The van der Waals surface area contributed by atoms with Crippen molar-refractivity contribution in [3.63, 3.8) is 0 Å². The molecule has 0 aliphatic carbocycles. The minimum Gasteiger partial charge on any atom is -0.481 e. The number of alkyl halides is 1. The van der Waals surface area contributed by atoms with Crippen molar-refractivity contribution in [2.24, 2.45) is 5.92 Å². The Bertz CT molecular complexity index is 4600. The zero-order chi connectivity index (χ0) is 76.4. The molecule has 5 atom stereocenters. The van der Waals surface area contributed by atoms with Crippen molar-refractivity contribution in [2.75, 3.05) is 11.5 Å². The molecule has 0 bridgehead atoms. The van der Waals surface area contributed by atoms with E-state index in [-0.39, 0.29) is 84.2 Å². The smallest absolute Gasteiger partial charge is 0.304 e. The normalized spacial score (nSPS) is 20.1. The van der Waals surface area contributed by atoms with Gasteiger partial charge in [0.1, 0.15) is 6.10 Å². The first-order chi connectivity index (χ1) is 49.6. The Morgan fingerprint density at radius 1 is 0.495 bits per heavy atom. The van der Waals surface area contributed by atoms with Crippen LogP contribution in [0.2, 0.25) is 10.0 Å². The number of hydrogen-bond acceptors (Lipinski definition) is 18. The number of fused-ring (bicyclic) bond motifs is 7. The molecule has 22 heteroatoms. The second-order valence-corrected chi connectivity index (χ2v) is 39.8. The molecule has 0 amide bonds. The molecule has 0 aromatic heterocycles. The minimum atomic E-state index is -0.872. The van der Waals surface area contributed by atoms with E-state index >= 15 is 0 Å². The number of halogens is 3. The maximum absolute atomic E-state index is 12.5. The van der Waals surface area contributed by atoms with Gasteiger partial charge in [-0.15, -0.1) is 82.3 Å². The van der Waals surface area contributed by atoms with Gasteiger partial charge in [-0.1, -0.05) is 137 Å². The number of aliphatic hydroxyl groups excluding tert-OH is 2. The van der Waals surface area contributed by atoms with Crippen LogP contribution in [0, 0.1) is 26.7 Å². The highest BCUT2D eigenvalue weighted by molar-refractivity contribution is 9.10. The van der Waals surface area contributed by atoms with E-state index in [9.17, 15) is 48.3 Å². The van der Waals surface area contributed by atoms with E-state index < -0.39 is 18.0 Å². The zero-order valence-electron chi connectivity index (χ0n) is 59.6. The predicted molar refractivity (Wildman–Crippen MR) is 435 cm³/mol. The lowest BCUT2D eigenvalue weighted by Crippen LogP contribution is -2.30. The van der Waals surface area contributed by atoms with Gasteiger partial charge in [-0.25, -0.2) is 0 Å². The van der Waals surface area contributed by atoms with Crippen molar-refractivity contribution in [1.29, 1.82) is 0 Å². The van der Waals surface area contributed by atoms with E-state index in [0.29, 0.717) is 74.1 Å². The molecule has 8 aromatic rings. The van der Waals surface area contributed by atoms with Crippen LogP contribution in [0.4, 0.5) is 0 Å². The lowest BCUT2D eigenvalue weighted by molar-refractivity contribution is -0.136. The Hall–Kier alpha value is -5.98. The third-order valence-electron chi connectivity index (χ3n) is 17.2. The van der Waals surface area contributed by atoms with Gasteiger partial charge in [-0.3, -0.25) is 43.2 Å². The van der Waals surface area contributed by atoms with E-state index in [1.54, 1.807) is 102 Å². The van der Waals surface area contributed by atoms with Gasteiger partial charge in [0.15, 0.2) is 46.3 Å². The summed E-state index contributed by atoms with van der Waals surface area (Å²) in [7, 11) is 0. The van der Waals surface area contributed by atoms with Crippen molar-refractivity contribution in [3.05, 3.63) is 241 Å². The molecule has 0 spiro atoms. The van der Waals surface area contributed by atoms with Crippen LogP contribution in [0.15, 0.2) is 198 Å². The molecule has 5 unspecified atom stereocenters. The van der Waals surface area contributed by atoms with Crippen LogP contribution < -0.4 is 0 Å². The first kappa shape index (κ1) is 83.1. The lowest BCUT2D eigenvalue weighted by atomic mass is 9.90. The second-order valence-electron chi connectivity index (χ2n) is 27.8. The maximum Gasteiger partial charge on any atom is 0.304 e. The molecule has 0 radical (unpaired) electrons. The zero-order valence-corrected chi connectivity index (χ0v) is 68.5. The number of aliphatic hydroxyl groups is 2. The lowest BCUT2D eigenvalue weighted by Gasteiger charge is -2.30. The van der Waals surface area contributed by atoms with E-state index in [1.165, 1.54) is 40.8 Å². The van der Waals surface area contributed by atoms with Gasteiger partial charge in [0, 0.05) is 151 Å². The quantitative estimate of drug-likeness (QED) is 0.0830. The summed E-state index contributed by atoms with van der Waals surface area (Å²) in [5, 5.41) is 28.4. The van der Waals surface area contributed by atoms with Crippen LogP contribution in [0.1, 0.15) is 186 Å². The molecule has 7 heterocycles. The van der Waals surface area contributed by atoms with Crippen LogP contribution in [0.3, 0.4) is 0 Å². The number of carboxylic acids is 1. The van der Waals surface area contributed by atoms with Gasteiger partial charge in [-0.2, -0.15) is 0 Å². The van der Waals surface area contributed by atoms with E-state index in [2.05, 4.69) is 95.6 Å². The second kappa shape index (κ2) is 36.5. The Balaban J connectivity index is 0.000000143. The fourth-order valence-electron chi connectivity index (χ4n) is 12.3. The number of carbonyl (C=O) groups is 9. The average molecular weight is 1650 g/mol. The summed E-state index contributed by atoms with van der Waals surface area (Å²) in [6.45, 7) is 20.9. The van der Waals surface area contributed by atoms with Gasteiger partial charge in [0.25, 0.3) is 0 Å². The number of aryl methyl sites for hydroxylation is 3. The Kier molecular flexibility index (Phi) is 28.9. The number of rotatable bonds is 5. The number of carbonyl (C=O) groups excluding carboxylic acids is 8. The summed E-state index contributed by atoms with van der Waals surface area (Å²) in [6, 6.07) is 50.4. The number of Topliss-reactive ketones (excluding diaryl/α,β-unsaturated/α-hetero) is 8. The molecule has 105 heavy (non-hydrogen) atoms. The number of hydrogen-bond donors (Lipinski definition) is 3. The number of ketones is 8. The topological polar surface area (TPSA) is 214 Å². The summed E-state index contributed by atoms with van der Waals surface area (Å²) in [5.74, 6) is 0.0166. The molecule has 15 rings (SSSR count). The molecule has 0 fully saturated rings. The molecule has 0 saturated heterocycles. The number of thioether (sulfide) groups is 7. The third-order valence-corrected chi connectivity index (χ3v) is 27.9. The molecule has 3 N–H and O–H groups in total. The number of benzene rings is 8. The molecule has 0 saturated carbocycles. The molecule has 12 nitrogen and oxygen atoms in total. The first-order valence-electron chi connectivity index (χ1n) is 33.9. The van der Waals surface area contributed by atoms with E-state index in [4.69, 9.17) is 33.4 Å².